The van der Waals surface area contributed by atoms with Crippen molar-refractivity contribution in [2.24, 2.45) is 0 Å². The Hall–Kier alpha value is -4.44. The molecule has 0 saturated carbocycles. The zero-order valence-electron chi connectivity index (χ0n) is 22.1. The van der Waals surface area contributed by atoms with E-state index in [1.54, 1.807) is 23.7 Å². The summed E-state index contributed by atoms with van der Waals surface area (Å²) in [4.78, 5) is 17.6. The van der Waals surface area contributed by atoms with Gasteiger partial charge in [0.1, 0.15) is 11.4 Å². The Bertz CT molecular complexity index is 1740. The van der Waals surface area contributed by atoms with Crippen molar-refractivity contribution >= 4 is 16.8 Å². The van der Waals surface area contributed by atoms with Crippen LogP contribution in [0.1, 0.15) is 43.5 Å². The molecule has 3 aromatic heterocycles. The zero-order chi connectivity index (χ0) is 27.2. The Kier molecular flexibility index (Phi) is 6.11. The number of carbonyl (C=O) groups is 1. The van der Waals surface area contributed by atoms with E-state index < -0.39 is 5.95 Å². The van der Waals surface area contributed by atoms with Gasteiger partial charge in [0, 0.05) is 43.8 Å². The van der Waals surface area contributed by atoms with E-state index in [1.165, 1.54) is 11.8 Å². The molecular formula is C30H28FN7O2. The predicted molar refractivity (Wildman–Crippen MR) is 147 cm³/mol. The molecule has 0 spiro atoms. The Labute approximate surface area is 230 Å². The normalized spacial score (nSPS) is 17.2. The number of fused-ring (bicyclic) bond motifs is 2. The summed E-state index contributed by atoms with van der Waals surface area (Å²) in [5.41, 5.74) is 6.50. The maximum absolute atomic E-state index is 14.6. The highest BCUT2D eigenvalue weighted by molar-refractivity contribution is 5.95. The lowest BCUT2D eigenvalue weighted by atomic mass is 9.99. The molecule has 5 aromatic rings. The Morgan fingerprint density at radius 1 is 1.10 bits per heavy atom. The van der Waals surface area contributed by atoms with Crippen LogP contribution >= 0.6 is 0 Å². The molecule has 0 N–H and O–H groups in total. The lowest BCUT2D eigenvalue weighted by Crippen LogP contribution is -2.34. The van der Waals surface area contributed by atoms with Crippen LogP contribution in [0.3, 0.4) is 0 Å². The van der Waals surface area contributed by atoms with Gasteiger partial charge in [-0.3, -0.25) is 4.79 Å². The van der Waals surface area contributed by atoms with Crippen LogP contribution in [0.15, 0.2) is 60.9 Å². The van der Waals surface area contributed by atoms with E-state index in [4.69, 9.17) is 9.84 Å². The molecule has 40 heavy (non-hydrogen) atoms. The summed E-state index contributed by atoms with van der Waals surface area (Å²) in [5.74, 6) is -0.442. The van der Waals surface area contributed by atoms with Gasteiger partial charge < -0.3 is 9.64 Å². The summed E-state index contributed by atoms with van der Waals surface area (Å²) in [6.07, 6.45) is 6.93. The molecule has 1 amide bonds. The number of rotatable bonds is 4. The molecule has 7 rings (SSSR count). The molecule has 1 saturated heterocycles. The number of pyridine rings is 1. The van der Waals surface area contributed by atoms with Crippen LogP contribution < -0.4 is 0 Å². The number of amides is 1. The standard InChI is InChI=1S/C30H28FN7O2/c1-19(39)36-13-11-20-7-9-23(15-22(20)17-36)37-18-26(33-35-37)29-25-16-21(24-5-4-12-32-30(24)31)8-10-27(25)38(34-29)28-6-2-3-14-40-28/h4-5,7-10,12,15-16,18,28H,2-3,6,11,13-14,17H2,1H3. The number of nitrogens with zero attached hydrogens (tertiary/aromatic N) is 7. The zero-order valence-corrected chi connectivity index (χ0v) is 22.1. The number of hydrogen-bond donors (Lipinski definition) is 0. The van der Waals surface area contributed by atoms with Crippen LogP contribution in [0.4, 0.5) is 4.39 Å². The highest BCUT2D eigenvalue weighted by atomic mass is 19.1. The number of benzene rings is 2. The van der Waals surface area contributed by atoms with Crippen LogP contribution in [0.25, 0.3) is 39.1 Å². The maximum Gasteiger partial charge on any atom is 0.220 e. The molecule has 2 aliphatic rings. The highest BCUT2D eigenvalue weighted by Gasteiger charge is 2.24. The minimum absolute atomic E-state index is 0.0778. The molecule has 1 unspecified atom stereocenters. The molecule has 10 heteroatoms. The van der Waals surface area contributed by atoms with Gasteiger partial charge >= 0.3 is 0 Å². The first-order valence-corrected chi connectivity index (χ1v) is 13.6. The summed E-state index contributed by atoms with van der Waals surface area (Å²) >= 11 is 0. The molecule has 1 fully saturated rings. The van der Waals surface area contributed by atoms with Crippen LogP contribution in [0, 0.1) is 5.95 Å². The molecule has 2 aliphatic heterocycles. The molecular weight excluding hydrogens is 509 g/mol. The SMILES string of the molecule is CC(=O)N1CCc2ccc(-n3cc(-c4nn(C5CCCCO5)c5ccc(-c6cccnc6F)cc45)nn3)cc2C1. The minimum Gasteiger partial charge on any atom is -0.356 e. The van der Waals surface area contributed by atoms with Gasteiger partial charge in [-0.2, -0.15) is 9.49 Å². The second kappa shape index (κ2) is 9.95. The number of halogens is 1. The van der Waals surface area contributed by atoms with E-state index in [1.807, 2.05) is 40.0 Å². The quantitative estimate of drug-likeness (QED) is 0.297. The lowest BCUT2D eigenvalue weighted by molar-refractivity contribution is -0.129. The van der Waals surface area contributed by atoms with Gasteiger partial charge in [0.05, 0.1) is 17.4 Å². The molecule has 1 atom stereocenters. The van der Waals surface area contributed by atoms with Gasteiger partial charge in [0.2, 0.25) is 11.9 Å². The molecule has 9 nitrogen and oxygen atoms in total. The lowest BCUT2D eigenvalue weighted by Gasteiger charge is -2.28. The average molecular weight is 538 g/mol. The molecule has 5 heterocycles. The third-order valence-electron chi connectivity index (χ3n) is 7.85. The highest BCUT2D eigenvalue weighted by Crippen LogP contribution is 2.35. The van der Waals surface area contributed by atoms with Gasteiger partial charge in [-0.15, -0.1) is 5.10 Å². The van der Waals surface area contributed by atoms with Gasteiger partial charge in [0.25, 0.3) is 0 Å². The fourth-order valence-electron chi connectivity index (χ4n) is 5.69. The molecule has 0 radical (unpaired) electrons. The fraction of sp³-hybridized carbons (Fsp3) is 0.300. The van der Waals surface area contributed by atoms with Crippen LogP contribution in [-0.4, -0.2) is 53.7 Å². The van der Waals surface area contributed by atoms with E-state index in [9.17, 15) is 9.18 Å². The number of carbonyl (C=O) groups excluding carboxylic acids is 1. The fourth-order valence-corrected chi connectivity index (χ4v) is 5.69. The number of aromatic nitrogens is 6. The smallest absolute Gasteiger partial charge is 0.220 e. The Morgan fingerprint density at radius 2 is 2.02 bits per heavy atom. The van der Waals surface area contributed by atoms with Gasteiger partial charge in [-0.1, -0.05) is 17.3 Å². The van der Waals surface area contributed by atoms with Crippen LogP contribution in [0.2, 0.25) is 0 Å². The van der Waals surface area contributed by atoms with Crippen molar-refractivity contribution in [1.82, 2.24) is 34.7 Å². The van der Waals surface area contributed by atoms with Crippen LogP contribution in [0.5, 0.6) is 0 Å². The first-order chi connectivity index (χ1) is 19.5. The van der Waals surface area contributed by atoms with Crippen molar-refractivity contribution in [2.75, 3.05) is 13.2 Å². The van der Waals surface area contributed by atoms with E-state index in [0.29, 0.717) is 35.7 Å². The average Bonchev–Trinajstić information content (AvgIpc) is 3.62. The topological polar surface area (TPSA) is 91.0 Å². The van der Waals surface area contributed by atoms with E-state index >= 15 is 0 Å². The predicted octanol–water partition coefficient (Wildman–Crippen LogP) is 5.09. The van der Waals surface area contributed by atoms with Crippen molar-refractivity contribution in [3.63, 3.8) is 0 Å². The van der Waals surface area contributed by atoms with Crippen molar-refractivity contribution in [2.45, 2.75) is 45.4 Å². The number of ether oxygens (including phenoxy) is 1. The monoisotopic (exact) mass is 537 g/mol. The van der Waals surface area contributed by atoms with Gasteiger partial charge in [-0.25, -0.2) is 14.3 Å². The largest absolute Gasteiger partial charge is 0.356 e. The maximum atomic E-state index is 14.6. The summed E-state index contributed by atoms with van der Waals surface area (Å²) in [6.45, 7) is 3.62. The van der Waals surface area contributed by atoms with Gasteiger partial charge in [0.15, 0.2) is 6.23 Å². The van der Waals surface area contributed by atoms with E-state index in [0.717, 1.165) is 54.4 Å². The second-order valence-electron chi connectivity index (χ2n) is 10.4. The van der Waals surface area contributed by atoms with Crippen molar-refractivity contribution in [3.05, 3.63) is 78.0 Å². The van der Waals surface area contributed by atoms with Crippen molar-refractivity contribution < 1.29 is 13.9 Å². The summed E-state index contributed by atoms with van der Waals surface area (Å²) in [7, 11) is 0. The Balaban J connectivity index is 1.31. The Morgan fingerprint density at radius 3 is 2.85 bits per heavy atom. The van der Waals surface area contributed by atoms with Crippen LogP contribution in [-0.2, 0) is 22.5 Å². The van der Waals surface area contributed by atoms with Crippen molar-refractivity contribution in [1.29, 1.82) is 0 Å². The third kappa shape index (κ3) is 4.34. The summed E-state index contributed by atoms with van der Waals surface area (Å²) in [6, 6.07) is 15.4. The molecule has 0 aliphatic carbocycles. The first-order valence-electron chi connectivity index (χ1n) is 13.6. The molecule has 202 valence electrons. The number of hydrogen-bond acceptors (Lipinski definition) is 6. The van der Waals surface area contributed by atoms with Gasteiger partial charge in [-0.05, 0) is 78.8 Å². The first kappa shape index (κ1) is 24.6. The second-order valence-corrected chi connectivity index (χ2v) is 10.4. The third-order valence-corrected chi connectivity index (χ3v) is 7.85. The summed E-state index contributed by atoms with van der Waals surface area (Å²) in [5, 5.41) is 14.7. The summed E-state index contributed by atoms with van der Waals surface area (Å²) < 4.78 is 24.3. The minimum atomic E-state index is -0.520. The molecule has 0 bridgehead atoms. The van der Waals surface area contributed by atoms with E-state index in [-0.39, 0.29) is 12.1 Å². The molecule has 2 aromatic carbocycles. The van der Waals surface area contributed by atoms with Crippen molar-refractivity contribution in [3.8, 4) is 28.2 Å². The van der Waals surface area contributed by atoms with E-state index in [2.05, 4.69) is 27.4 Å².